The average molecular weight is 203 g/mol. The average Bonchev–Trinajstić information content (AvgIpc) is 1.87. The fourth-order valence-corrected chi connectivity index (χ4v) is 0.849. The molecule has 50 valence electrons. The Hall–Kier alpha value is 0.700. The van der Waals surface area contributed by atoms with Gasteiger partial charge < -0.3 is 0 Å². The summed E-state index contributed by atoms with van der Waals surface area (Å²) in [5, 5.41) is 0.625. The maximum Gasteiger partial charge on any atom is 0.0967 e. The lowest BCUT2D eigenvalue weighted by atomic mass is 9.99. The van der Waals surface area contributed by atoms with Gasteiger partial charge in [0, 0.05) is 16.6 Å². The zero-order valence-corrected chi connectivity index (χ0v) is 7.10. The van der Waals surface area contributed by atoms with Crippen LogP contribution in [0.25, 0.3) is 0 Å². The minimum absolute atomic E-state index is 0.359. The summed E-state index contributed by atoms with van der Waals surface area (Å²) < 4.78 is 11.9. The minimum atomic E-state index is -0.360. The molecule has 0 bridgehead atoms. The van der Waals surface area contributed by atoms with Crippen LogP contribution in [0.15, 0.2) is 0 Å². The van der Waals surface area contributed by atoms with Gasteiger partial charge in [-0.1, -0.05) is 22.9 Å². The van der Waals surface area contributed by atoms with Gasteiger partial charge >= 0.3 is 0 Å². The van der Waals surface area contributed by atoms with Crippen LogP contribution in [0, 0.1) is 5.41 Å². The molecule has 1 unspecified atom stereocenters. The number of hydrogen-bond donors (Lipinski definition) is 0. The second-order valence-electron chi connectivity index (χ2n) is 2.21. The first kappa shape index (κ1) is 8.70. The summed E-state index contributed by atoms with van der Waals surface area (Å²) in [5.74, 6) is 0.370. The molecular formula is C5H9BrClF. The van der Waals surface area contributed by atoms with Crippen LogP contribution in [0.1, 0.15) is 6.92 Å². The topological polar surface area (TPSA) is 0 Å². The third-order valence-electron chi connectivity index (χ3n) is 0.968. The van der Waals surface area contributed by atoms with Gasteiger partial charge in [-0.15, -0.1) is 11.6 Å². The molecule has 0 aliphatic rings. The Labute approximate surface area is 62.5 Å². The van der Waals surface area contributed by atoms with Crippen molar-refractivity contribution in [2.45, 2.75) is 6.92 Å². The van der Waals surface area contributed by atoms with E-state index in [1.165, 1.54) is 0 Å². The second-order valence-corrected chi connectivity index (χ2v) is 3.04. The standard InChI is InChI=1S/C5H9BrClF/c1-5(2-6,3-7)4-8/h2-4H2,1H3. The normalized spacial score (nSPS) is 18.0. The van der Waals surface area contributed by atoms with Gasteiger partial charge in [0.15, 0.2) is 0 Å². The SMILES string of the molecule is CC(CF)(CCl)CBr. The van der Waals surface area contributed by atoms with Crippen LogP contribution < -0.4 is 0 Å². The number of halogens is 3. The molecule has 0 aliphatic carbocycles. The summed E-state index contributed by atoms with van der Waals surface area (Å²) in [4.78, 5) is 0. The second kappa shape index (κ2) is 3.67. The van der Waals surface area contributed by atoms with E-state index in [0.717, 1.165) is 0 Å². The highest BCUT2D eigenvalue weighted by atomic mass is 79.9. The first-order valence-electron chi connectivity index (χ1n) is 2.36. The number of hydrogen-bond acceptors (Lipinski definition) is 0. The summed E-state index contributed by atoms with van der Waals surface area (Å²) in [6.07, 6.45) is 0. The smallest absolute Gasteiger partial charge is 0.0967 e. The Kier molecular flexibility index (Phi) is 4.00. The van der Waals surface area contributed by atoms with Gasteiger partial charge in [0.05, 0.1) is 6.67 Å². The van der Waals surface area contributed by atoms with Crippen LogP contribution in [0.5, 0.6) is 0 Å². The van der Waals surface area contributed by atoms with Gasteiger partial charge in [0.25, 0.3) is 0 Å². The summed E-state index contributed by atoms with van der Waals surface area (Å²) >= 11 is 8.61. The molecule has 0 aliphatic heterocycles. The van der Waals surface area contributed by atoms with Crippen molar-refractivity contribution in [3.05, 3.63) is 0 Å². The van der Waals surface area contributed by atoms with Gasteiger partial charge in [-0.05, 0) is 0 Å². The molecule has 8 heavy (non-hydrogen) atoms. The fourth-order valence-electron chi connectivity index (χ4n) is 0.107. The van der Waals surface area contributed by atoms with E-state index in [4.69, 9.17) is 11.6 Å². The van der Waals surface area contributed by atoms with Crippen molar-refractivity contribution in [1.82, 2.24) is 0 Å². The molecule has 3 heteroatoms. The van der Waals surface area contributed by atoms with Gasteiger partial charge in [0.2, 0.25) is 0 Å². The zero-order valence-electron chi connectivity index (χ0n) is 4.76. The first-order chi connectivity index (χ1) is 3.68. The van der Waals surface area contributed by atoms with Crippen LogP contribution in [0.3, 0.4) is 0 Å². The molecule has 0 aromatic rings. The predicted octanol–water partition coefficient (Wildman–Crippen LogP) is 2.60. The van der Waals surface area contributed by atoms with E-state index in [0.29, 0.717) is 11.2 Å². The van der Waals surface area contributed by atoms with Gasteiger partial charge in [-0.3, -0.25) is 4.39 Å². The lowest BCUT2D eigenvalue weighted by Gasteiger charge is -2.18. The van der Waals surface area contributed by atoms with Crippen molar-refractivity contribution >= 4 is 27.5 Å². The highest BCUT2D eigenvalue weighted by Gasteiger charge is 2.20. The molecule has 0 nitrogen and oxygen atoms in total. The Morgan fingerprint density at radius 1 is 1.75 bits per heavy atom. The fraction of sp³-hybridized carbons (Fsp3) is 1.00. The van der Waals surface area contributed by atoms with Crippen molar-refractivity contribution in [2.75, 3.05) is 17.9 Å². The maximum absolute atomic E-state index is 11.9. The molecule has 1 atom stereocenters. The molecule has 0 fully saturated rings. The predicted molar refractivity (Wildman–Crippen MR) is 38.6 cm³/mol. The third-order valence-corrected chi connectivity index (χ3v) is 2.97. The van der Waals surface area contributed by atoms with Crippen molar-refractivity contribution in [1.29, 1.82) is 0 Å². The largest absolute Gasteiger partial charge is 0.250 e. The molecule has 0 saturated heterocycles. The highest BCUT2D eigenvalue weighted by molar-refractivity contribution is 9.09. The minimum Gasteiger partial charge on any atom is -0.250 e. The van der Waals surface area contributed by atoms with E-state index < -0.39 is 0 Å². The number of alkyl halides is 3. The van der Waals surface area contributed by atoms with Gasteiger partial charge in [-0.25, -0.2) is 0 Å². The summed E-state index contributed by atoms with van der Waals surface area (Å²) in [7, 11) is 0. The van der Waals surface area contributed by atoms with Crippen LogP contribution >= 0.6 is 27.5 Å². The highest BCUT2D eigenvalue weighted by Crippen LogP contribution is 2.21. The molecule has 0 radical (unpaired) electrons. The van der Waals surface area contributed by atoms with Crippen molar-refractivity contribution in [2.24, 2.45) is 5.41 Å². The van der Waals surface area contributed by atoms with Crippen LogP contribution in [-0.4, -0.2) is 17.9 Å². The van der Waals surface area contributed by atoms with Crippen LogP contribution in [0.2, 0.25) is 0 Å². The molecule has 0 aromatic carbocycles. The van der Waals surface area contributed by atoms with E-state index >= 15 is 0 Å². The van der Waals surface area contributed by atoms with Crippen LogP contribution in [0.4, 0.5) is 4.39 Å². The maximum atomic E-state index is 11.9. The van der Waals surface area contributed by atoms with E-state index in [1.54, 1.807) is 6.92 Å². The van der Waals surface area contributed by atoms with Crippen LogP contribution in [-0.2, 0) is 0 Å². The Morgan fingerprint density at radius 3 is 2.25 bits per heavy atom. The molecule has 0 heterocycles. The zero-order chi connectivity index (χ0) is 6.62. The first-order valence-corrected chi connectivity index (χ1v) is 4.02. The number of rotatable bonds is 3. The molecule has 0 spiro atoms. The van der Waals surface area contributed by atoms with Crippen molar-refractivity contribution in [3.8, 4) is 0 Å². The lowest BCUT2D eigenvalue weighted by molar-refractivity contribution is 0.297. The molecule has 0 saturated carbocycles. The van der Waals surface area contributed by atoms with Crippen molar-refractivity contribution in [3.63, 3.8) is 0 Å². The van der Waals surface area contributed by atoms with Crippen molar-refractivity contribution < 1.29 is 4.39 Å². The summed E-state index contributed by atoms with van der Waals surface area (Å²) in [5.41, 5.74) is -0.360. The van der Waals surface area contributed by atoms with E-state index in [1.807, 2.05) is 0 Å². The molecule has 0 rings (SSSR count). The van der Waals surface area contributed by atoms with E-state index in [-0.39, 0.29) is 12.1 Å². The lowest BCUT2D eigenvalue weighted by Crippen LogP contribution is -2.22. The summed E-state index contributed by atoms with van der Waals surface area (Å²) in [6, 6.07) is 0. The quantitative estimate of drug-likeness (QED) is 0.619. The third kappa shape index (κ3) is 2.31. The van der Waals surface area contributed by atoms with E-state index in [2.05, 4.69) is 15.9 Å². The Balaban J connectivity index is 3.58. The Bertz CT molecular complexity index is 55.2. The molecule has 0 amide bonds. The summed E-state index contributed by atoms with van der Waals surface area (Å²) in [6.45, 7) is 1.44. The van der Waals surface area contributed by atoms with Gasteiger partial charge in [0.1, 0.15) is 0 Å². The Morgan fingerprint density at radius 2 is 2.25 bits per heavy atom. The van der Waals surface area contributed by atoms with E-state index in [9.17, 15) is 4.39 Å². The van der Waals surface area contributed by atoms with Gasteiger partial charge in [-0.2, -0.15) is 0 Å². The molecule has 0 N–H and O–H groups in total. The monoisotopic (exact) mass is 202 g/mol. The molecular weight excluding hydrogens is 194 g/mol. The molecule has 0 aromatic heterocycles.